The summed E-state index contributed by atoms with van der Waals surface area (Å²) < 4.78 is 0. The Bertz CT molecular complexity index is 1010. The molecule has 13 heteroatoms. The minimum absolute atomic E-state index is 0.118. The highest BCUT2D eigenvalue weighted by Gasteiger charge is 2.39. The molecule has 0 aliphatic carbocycles. The van der Waals surface area contributed by atoms with Crippen molar-refractivity contribution in [1.82, 2.24) is 31.5 Å². The predicted molar refractivity (Wildman–Crippen MR) is 161 cm³/mol. The van der Waals surface area contributed by atoms with Crippen molar-refractivity contribution in [2.75, 3.05) is 19.6 Å². The van der Waals surface area contributed by atoms with Crippen molar-refractivity contribution in [1.29, 1.82) is 0 Å². The van der Waals surface area contributed by atoms with Gasteiger partial charge in [0.2, 0.25) is 41.4 Å². The maximum atomic E-state index is 12.8. The number of rotatable bonds is 18. The van der Waals surface area contributed by atoms with Gasteiger partial charge in [-0.3, -0.25) is 38.5 Å². The predicted octanol–water partition coefficient (Wildman–Crippen LogP) is 0.617. The number of imide groups is 1. The van der Waals surface area contributed by atoms with Crippen molar-refractivity contribution in [3.05, 3.63) is 0 Å². The first-order valence-corrected chi connectivity index (χ1v) is 15.3. The van der Waals surface area contributed by atoms with Crippen LogP contribution in [0.15, 0.2) is 0 Å². The topological polar surface area (TPSA) is 183 Å². The molecule has 1 aliphatic rings. The third-order valence-electron chi connectivity index (χ3n) is 7.27. The minimum Gasteiger partial charge on any atom is -0.354 e. The maximum absolute atomic E-state index is 12.8. The van der Waals surface area contributed by atoms with Crippen LogP contribution in [-0.2, 0) is 33.6 Å². The van der Waals surface area contributed by atoms with E-state index in [2.05, 4.69) is 26.6 Å². The first-order chi connectivity index (χ1) is 20.0. The molecule has 0 bridgehead atoms. The van der Waals surface area contributed by atoms with Gasteiger partial charge in [-0.1, -0.05) is 48.0 Å². The van der Waals surface area contributed by atoms with E-state index in [0.717, 1.165) is 0 Å². The van der Waals surface area contributed by atoms with Crippen molar-refractivity contribution in [3.8, 4) is 0 Å². The quantitative estimate of drug-likeness (QED) is 0.112. The number of amides is 7. The lowest BCUT2D eigenvalue weighted by Gasteiger charge is -2.25. The van der Waals surface area contributed by atoms with Crippen molar-refractivity contribution >= 4 is 41.4 Å². The number of nitrogens with one attached hydrogen (secondary N) is 5. The van der Waals surface area contributed by atoms with Crippen molar-refractivity contribution in [3.63, 3.8) is 0 Å². The molecule has 0 aromatic heterocycles. The largest absolute Gasteiger partial charge is 0.354 e. The molecule has 1 aliphatic heterocycles. The lowest BCUT2D eigenvalue weighted by Crippen LogP contribution is -2.57. The highest BCUT2D eigenvalue weighted by atomic mass is 16.2. The van der Waals surface area contributed by atoms with Gasteiger partial charge in [-0.25, -0.2) is 0 Å². The van der Waals surface area contributed by atoms with E-state index in [1.807, 2.05) is 27.7 Å². The molecule has 0 aromatic carbocycles. The van der Waals surface area contributed by atoms with Crippen LogP contribution in [0.25, 0.3) is 0 Å². The Morgan fingerprint density at radius 2 is 1.37 bits per heavy atom. The van der Waals surface area contributed by atoms with E-state index in [9.17, 15) is 33.6 Å². The van der Waals surface area contributed by atoms with Gasteiger partial charge in [-0.15, -0.1) is 0 Å². The highest BCUT2D eigenvalue weighted by molar-refractivity contribution is 6.03. The van der Waals surface area contributed by atoms with Gasteiger partial charge in [0.25, 0.3) is 0 Å². The van der Waals surface area contributed by atoms with Crippen LogP contribution < -0.4 is 26.6 Å². The first kappa shape index (κ1) is 37.5. The normalized spacial score (nSPS) is 17.1. The summed E-state index contributed by atoms with van der Waals surface area (Å²) in [5.74, 6) is -2.75. The van der Waals surface area contributed by atoms with Crippen LogP contribution in [0.5, 0.6) is 0 Å². The molecule has 0 radical (unpaired) electrons. The van der Waals surface area contributed by atoms with E-state index in [-0.39, 0.29) is 66.7 Å². The molecule has 43 heavy (non-hydrogen) atoms. The van der Waals surface area contributed by atoms with E-state index >= 15 is 0 Å². The number of carbonyl (C=O) groups is 7. The third kappa shape index (κ3) is 13.1. The lowest BCUT2D eigenvalue weighted by atomic mass is 9.94. The van der Waals surface area contributed by atoms with Gasteiger partial charge in [-0.2, -0.15) is 0 Å². The summed E-state index contributed by atoms with van der Waals surface area (Å²) in [4.78, 5) is 87.9. The second-order valence-electron chi connectivity index (χ2n) is 12.4. The fourth-order valence-electron chi connectivity index (χ4n) is 4.46. The second kappa shape index (κ2) is 18.2. The minimum atomic E-state index is -0.975. The number of likely N-dealkylation sites (tertiary alicyclic amines) is 1. The summed E-state index contributed by atoms with van der Waals surface area (Å²) >= 11 is 0. The number of hydrogen-bond acceptors (Lipinski definition) is 7. The molecule has 1 heterocycles. The van der Waals surface area contributed by atoms with Crippen LogP contribution in [0.3, 0.4) is 0 Å². The molecule has 4 atom stereocenters. The average molecular weight is 609 g/mol. The van der Waals surface area contributed by atoms with E-state index in [1.165, 1.54) is 11.8 Å². The summed E-state index contributed by atoms with van der Waals surface area (Å²) in [6, 6.07) is -2.69. The Labute approximate surface area is 255 Å². The van der Waals surface area contributed by atoms with Gasteiger partial charge in [-0.05, 0) is 44.4 Å². The Morgan fingerprint density at radius 3 is 1.93 bits per heavy atom. The average Bonchev–Trinajstić information content (AvgIpc) is 3.21. The zero-order valence-electron chi connectivity index (χ0n) is 27.0. The van der Waals surface area contributed by atoms with Crippen molar-refractivity contribution in [2.45, 2.75) is 106 Å². The molecule has 5 N–H and O–H groups in total. The Balaban J connectivity index is 2.38. The van der Waals surface area contributed by atoms with E-state index in [0.29, 0.717) is 32.4 Å². The van der Waals surface area contributed by atoms with E-state index < -0.39 is 35.8 Å². The molecule has 0 aromatic rings. The van der Waals surface area contributed by atoms with Gasteiger partial charge in [0, 0.05) is 31.8 Å². The van der Waals surface area contributed by atoms with Crippen LogP contribution in [0.2, 0.25) is 0 Å². The number of hydrogen-bond donors (Lipinski definition) is 5. The highest BCUT2D eigenvalue weighted by Crippen LogP contribution is 2.26. The van der Waals surface area contributed by atoms with Gasteiger partial charge in [0.1, 0.15) is 18.1 Å². The van der Waals surface area contributed by atoms with Gasteiger partial charge >= 0.3 is 0 Å². The number of nitrogens with zero attached hydrogens (tertiary/aromatic N) is 1. The summed E-state index contributed by atoms with van der Waals surface area (Å²) in [5.41, 5.74) is 0. The monoisotopic (exact) mass is 608 g/mol. The van der Waals surface area contributed by atoms with Crippen molar-refractivity contribution in [2.24, 2.45) is 23.7 Å². The zero-order valence-corrected chi connectivity index (χ0v) is 27.0. The molecule has 1 rings (SSSR count). The molecule has 0 spiro atoms. The van der Waals surface area contributed by atoms with E-state index in [4.69, 9.17) is 0 Å². The van der Waals surface area contributed by atoms with Gasteiger partial charge < -0.3 is 26.6 Å². The first-order valence-electron chi connectivity index (χ1n) is 15.3. The van der Waals surface area contributed by atoms with Crippen molar-refractivity contribution < 1.29 is 33.6 Å². The summed E-state index contributed by atoms with van der Waals surface area (Å²) in [7, 11) is 0. The SMILES string of the molecule is CC(C)CNC(=O)[C@H](C)NC(=O)[C@@H](NC(=O)[C@H](C)NC(=O)CNC(=O)CCCCCN1C(=O)CC(C(C)C)C1=O)C(C)C. The van der Waals surface area contributed by atoms with E-state index in [1.54, 1.807) is 20.8 Å². The summed E-state index contributed by atoms with van der Waals surface area (Å²) in [6.45, 7) is 14.8. The maximum Gasteiger partial charge on any atom is 0.243 e. The number of carbonyl (C=O) groups excluding carboxylic acids is 7. The Hall–Kier alpha value is -3.51. The molecule has 1 fully saturated rings. The molecule has 1 saturated heterocycles. The smallest absolute Gasteiger partial charge is 0.243 e. The van der Waals surface area contributed by atoms with Crippen LogP contribution in [-0.4, -0.2) is 84.0 Å². The summed E-state index contributed by atoms with van der Waals surface area (Å²) in [6.07, 6.45) is 2.22. The molecule has 244 valence electrons. The van der Waals surface area contributed by atoms with Crippen LogP contribution >= 0.6 is 0 Å². The molecule has 1 unspecified atom stereocenters. The molecular weight excluding hydrogens is 556 g/mol. The van der Waals surface area contributed by atoms with Crippen LogP contribution in [0, 0.1) is 23.7 Å². The van der Waals surface area contributed by atoms with Gasteiger partial charge in [0.05, 0.1) is 6.54 Å². The molecular formula is C30H52N6O7. The molecule has 0 saturated carbocycles. The second-order valence-corrected chi connectivity index (χ2v) is 12.4. The molecule has 7 amide bonds. The van der Waals surface area contributed by atoms with Gasteiger partial charge in [0.15, 0.2) is 0 Å². The molecule has 13 nitrogen and oxygen atoms in total. The van der Waals surface area contributed by atoms with Crippen LogP contribution in [0.1, 0.15) is 87.5 Å². The lowest BCUT2D eigenvalue weighted by molar-refractivity contribution is -0.140. The Kier molecular flexibility index (Phi) is 15.9. The zero-order chi connectivity index (χ0) is 32.9. The number of unbranched alkanes of at least 4 members (excludes halogenated alkanes) is 2. The fraction of sp³-hybridized carbons (Fsp3) is 0.767. The standard InChI is InChI=1S/C30H52N6O7/c1-17(2)15-32-27(40)20(7)34-29(42)26(19(5)6)35-28(41)21(8)33-24(38)16-31-23(37)12-10-9-11-13-36-25(39)14-22(18(3)4)30(36)43/h17-22,26H,9-16H2,1-8H3,(H,31,37)(H,32,40)(H,33,38)(H,34,42)(H,35,41)/t20-,21-,22?,26-/m0/s1. The summed E-state index contributed by atoms with van der Waals surface area (Å²) in [5, 5.41) is 13.0. The Morgan fingerprint density at radius 1 is 0.744 bits per heavy atom. The fourth-order valence-corrected chi connectivity index (χ4v) is 4.46. The third-order valence-corrected chi connectivity index (χ3v) is 7.27. The van der Waals surface area contributed by atoms with Crippen LogP contribution in [0.4, 0.5) is 0 Å².